The van der Waals surface area contributed by atoms with Crippen molar-refractivity contribution in [2.45, 2.75) is 0 Å². The fourth-order valence-electron chi connectivity index (χ4n) is 2.18. The predicted octanol–water partition coefficient (Wildman–Crippen LogP) is 4.13. The first-order valence-corrected chi connectivity index (χ1v) is 8.08. The molecule has 26 heavy (non-hydrogen) atoms. The highest BCUT2D eigenvalue weighted by Gasteiger charge is 2.08. The summed E-state index contributed by atoms with van der Waals surface area (Å²) < 4.78 is 24.4. The molecule has 0 bridgehead atoms. The van der Waals surface area contributed by atoms with Gasteiger partial charge in [0, 0.05) is 18.5 Å². The maximum absolute atomic E-state index is 14.0. The zero-order chi connectivity index (χ0) is 18.2. The highest BCUT2D eigenvalue weighted by atomic mass is 19.1. The van der Waals surface area contributed by atoms with Crippen LogP contribution < -0.4 is 15.4 Å². The van der Waals surface area contributed by atoms with Crippen LogP contribution in [0.1, 0.15) is 0 Å². The number of nitrogens with zero attached hydrogens (tertiary/aromatic N) is 2. The lowest BCUT2D eigenvalue weighted by Crippen LogP contribution is -2.04. The van der Waals surface area contributed by atoms with E-state index < -0.39 is 5.82 Å². The minimum Gasteiger partial charge on any atom is -0.491 e. The van der Waals surface area contributed by atoms with Crippen molar-refractivity contribution in [1.29, 1.82) is 0 Å². The molecule has 1 aromatic heterocycles. The van der Waals surface area contributed by atoms with Crippen LogP contribution >= 0.6 is 0 Å². The molecule has 134 valence electrons. The Bertz CT molecular complexity index is 829. The summed E-state index contributed by atoms with van der Waals surface area (Å²) in [6.45, 7) is 1.01. The average molecular weight is 354 g/mol. The molecule has 0 fully saturated rings. The van der Waals surface area contributed by atoms with E-state index in [0.29, 0.717) is 13.2 Å². The Balaban J connectivity index is 1.67. The third kappa shape index (κ3) is 4.90. The number of rotatable bonds is 8. The molecule has 0 spiro atoms. The van der Waals surface area contributed by atoms with E-state index in [2.05, 4.69) is 20.6 Å². The summed E-state index contributed by atoms with van der Waals surface area (Å²) in [5, 5.41) is 5.98. The standard InChI is InChI=1S/C19H19FN4O2/c1-25-11-12-26-16-9-7-15(8-10-16)23-19-21-13-17(20)18(24-19)22-14-5-3-2-4-6-14/h2-10,13H,11-12H2,1H3,(H2,21,22,23,24). The highest BCUT2D eigenvalue weighted by Crippen LogP contribution is 2.21. The first kappa shape index (κ1) is 17.6. The fraction of sp³-hybridized carbons (Fsp3) is 0.158. The Hall–Kier alpha value is -3.19. The second kappa shape index (κ2) is 8.77. The topological polar surface area (TPSA) is 68.3 Å². The first-order valence-electron chi connectivity index (χ1n) is 8.08. The molecular formula is C19H19FN4O2. The number of hydrogen-bond acceptors (Lipinski definition) is 6. The van der Waals surface area contributed by atoms with Gasteiger partial charge in [-0.2, -0.15) is 4.98 Å². The molecule has 2 aromatic carbocycles. The minimum atomic E-state index is -0.527. The van der Waals surface area contributed by atoms with Crippen molar-refractivity contribution >= 4 is 23.1 Å². The summed E-state index contributed by atoms with van der Waals surface area (Å²) in [6.07, 6.45) is 1.13. The van der Waals surface area contributed by atoms with Crippen molar-refractivity contribution in [3.05, 3.63) is 66.6 Å². The molecule has 0 radical (unpaired) electrons. The largest absolute Gasteiger partial charge is 0.491 e. The SMILES string of the molecule is COCCOc1ccc(Nc2ncc(F)c(Nc3ccccc3)n2)cc1. The number of hydrogen-bond donors (Lipinski definition) is 2. The average Bonchev–Trinajstić information content (AvgIpc) is 2.67. The van der Waals surface area contributed by atoms with E-state index in [4.69, 9.17) is 9.47 Å². The summed E-state index contributed by atoms with van der Waals surface area (Å²) in [5.41, 5.74) is 1.51. The van der Waals surface area contributed by atoms with E-state index in [1.165, 1.54) is 0 Å². The molecule has 0 saturated heterocycles. The predicted molar refractivity (Wildman–Crippen MR) is 98.8 cm³/mol. The van der Waals surface area contributed by atoms with Crippen LogP contribution in [0.2, 0.25) is 0 Å². The van der Waals surface area contributed by atoms with Gasteiger partial charge in [0.05, 0.1) is 12.8 Å². The van der Waals surface area contributed by atoms with Crippen molar-refractivity contribution in [3.8, 4) is 5.75 Å². The molecule has 0 atom stereocenters. The van der Waals surface area contributed by atoms with Crippen molar-refractivity contribution in [2.75, 3.05) is 31.0 Å². The summed E-state index contributed by atoms with van der Waals surface area (Å²) in [5.74, 6) is 0.603. The van der Waals surface area contributed by atoms with Gasteiger partial charge in [-0.3, -0.25) is 0 Å². The number of benzene rings is 2. The Labute approximate surface area is 151 Å². The van der Waals surface area contributed by atoms with E-state index in [1.807, 2.05) is 54.6 Å². The number of methoxy groups -OCH3 is 1. The summed E-state index contributed by atoms with van der Waals surface area (Å²) >= 11 is 0. The number of aromatic nitrogens is 2. The van der Waals surface area contributed by atoms with Gasteiger partial charge in [-0.1, -0.05) is 18.2 Å². The van der Waals surface area contributed by atoms with Crippen LogP contribution in [0.5, 0.6) is 5.75 Å². The van der Waals surface area contributed by atoms with E-state index >= 15 is 0 Å². The summed E-state index contributed by atoms with van der Waals surface area (Å²) in [4.78, 5) is 8.16. The molecule has 0 aliphatic heterocycles. The van der Waals surface area contributed by atoms with Crippen LogP contribution in [-0.4, -0.2) is 30.3 Å². The lowest BCUT2D eigenvalue weighted by molar-refractivity contribution is 0.146. The Kier molecular flexibility index (Phi) is 5.95. The number of halogens is 1. The smallest absolute Gasteiger partial charge is 0.229 e. The van der Waals surface area contributed by atoms with Gasteiger partial charge in [-0.05, 0) is 36.4 Å². The molecule has 0 saturated carbocycles. The van der Waals surface area contributed by atoms with Gasteiger partial charge in [0.1, 0.15) is 12.4 Å². The molecule has 0 aliphatic carbocycles. The van der Waals surface area contributed by atoms with Crippen LogP contribution in [0.25, 0.3) is 0 Å². The Morgan fingerprint density at radius 3 is 2.38 bits per heavy atom. The van der Waals surface area contributed by atoms with E-state index in [9.17, 15) is 4.39 Å². The van der Waals surface area contributed by atoms with Gasteiger partial charge in [0.15, 0.2) is 11.6 Å². The van der Waals surface area contributed by atoms with E-state index in [-0.39, 0.29) is 11.8 Å². The van der Waals surface area contributed by atoms with Gasteiger partial charge in [0.2, 0.25) is 5.95 Å². The molecule has 3 rings (SSSR count). The molecule has 0 unspecified atom stereocenters. The zero-order valence-corrected chi connectivity index (χ0v) is 14.3. The number of ether oxygens (including phenoxy) is 2. The molecule has 7 heteroatoms. The van der Waals surface area contributed by atoms with Gasteiger partial charge in [-0.15, -0.1) is 0 Å². The highest BCUT2D eigenvalue weighted by molar-refractivity contribution is 5.60. The normalized spacial score (nSPS) is 10.4. The van der Waals surface area contributed by atoms with Gasteiger partial charge in [-0.25, -0.2) is 9.37 Å². The molecular weight excluding hydrogens is 335 g/mol. The Morgan fingerprint density at radius 2 is 1.65 bits per heavy atom. The zero-order valence-electron chi connectivity index (χ0n) is 14.3. The van der Waals surface area contributed by atoms with E-state index in [0.717, 1.165) is 23.3 Å². The third-order valence-corrected chi connectivity index (χ3v) is 3.45. The number of para-hydroxylation sites is 1. The van der Waals surface area contributed by atoms with Crippen molar-refractivity contribution in [3.63, 3.8) is 0 Å². The molecule has 1 heterocycles. The van der Waals surface area contributed by atoms with Crippen molar-refractivity contribution < 1.29 is 13.9 Å². The van der Waals surface area contributed by atoms with E-state index in [1.54, 1.807) is 7.11 Å². The second-order valence-electron chi connectivity index (χ2n) is 5.37. The molecule has 6 nitrogen and oxygen atoms in total. The van der Waals surface area contributed by atoms with Gasteiger partial charge < -0.3 is 20.1 Å². The lowest BCUT2D eigenvalue weighted by Gasteiger charge is -2.10. The van der Waals surface area contributed by atoms with Crippen molar-refractivity contribution in [1.82, 2.24) is 9.97 Å². The van der Waals surface area contributed by atoms with Gasteiger partial charge >= 0.3 is 0 Å². The monoisotopic (exact) mass is 354 g/mol. The van der Waals surface area contributed by atoms with Gasteiger partial charge in [0.25, 0.3) is 0 Å². The third-order valence-electron chi connectivity index (χ3n) is 3.45. The van der Waals surface area contributed by atoms with Crippen LogP contribution in [0, 0.1) is 5.82 Å². The van der Waals surface area contributed by atoms with Crippen LogP contribution in [-0.2, 0) is 4.74 Å². The van der Waals surface area contributed by atoms with Crippen LogP contribution in [0.15, 0.2) is 60.8 Å². The fourth-order valence-corrected chi connectivity index (χ4v) is 2.18. The minimum absolute atomic E-state index is 0.105. The maximum atomic E-state index is 14.0. The first-order chi connectivity index (χ1) is 12.7. The van der Waals surface area contributed by atoms with Crippen molar-refractivity contribution in [2.24, 2.45) is 0 Å². The maximum Gasteiger partial charge on any atom is 0.229 e. The quantitative estimate of drug-likeness (QED) is 0.593. The lowest BCUT2D eigenvalue weighted by atomic mass is 10.3. The number of anilines is 4. The molecule has 0 amide bonds. The van der Waals surface area contributed by atoms with Crippen LogP contribution in [0.4, 0.5) is 27.5 Å². The number of nitrogens with one attached hydrogen (secondary N) is 2. The van der Waals surface area contributed by atoms with Crippen LogP contribution in [0.3, 0.4) is 0 Å². The summed E-state index contributed by atoms with van der Waals surface area (Å²) in [7, 11) is 1.62. The second-order valence-corrected chi connectivity index (χ2v) is 5.37. The Morgan fingerprint density at radius 1 is 0.923 bits per heavy atom. The molecule has 3 aromatic rings. The summed E-state index contributed by atoms with van der Waals surface area (Å²) in [6, 6.07) is 16.6. The molecule has 2 N–H and O–H groups in total. The molecule has 0 aliphatic rings.